The van der Waals surface area contributed by atoms with E-state index < -0.39 is 0 Å². The Morgan fingerprint density at radius 1 is 1.23 bits per heavy atom. The average molecular weight is 188 g/mol. The van der Waals surface area contributed by atoms with Crippen LogP contribution in [0.5, 0.6) is 0 Å². The summed E-state index contributed by atoms with van der Waals surface area (Å²) in [6.07, 6.45) is 0.938. The minimum absolute atomic E-state index is 0.0542. The first-order valence-corrected chi connectivity index (χ1v) is 4.82. The van der Waals surface area contributed by atoms with E-state index in [4.69, 9.17) is 9.84 Å². The van der Waals surface area contributed by atoms with Crippen LogP contribution in [0.15, 0.2) is 0 Å². The van der Waals surface area contributed by atoms with Crippen LogP contribution in [0.25, 0.3) is 0 Å². The van der Waals surface area contributed by atoms with E-state index in [0.29, 0.717) is 12.8 Å². The number of ether oxygens (including phenoxy) is 1. The molecule has 0 radical (unpaired) electrons. The van der Waals surface area contributed by atoms with Crippen LogP contribution in [0.1, 0.15) is 40.5 Å². The van der Waals surface area contributed by atoms with Gasteiger partial charge < -0.3 is 9.84 Å². The van der Waals surface area contributed by atoms with Crippen molar-refractivity contribution < 1.29 is 14.6 Å². The van der Waals surface area contributed by atoms with E-state index in [1.54, 1.807) is 6.92 Å². The van der Waals surface area contributed by atoms with E-state index in [0.717, 1.165) is 0 Å². The van der Waals surface area contributed by atoms with Gasteiger partial charge in [0.05, 0.1) is 18.1 Å². The van der Waals surface area contributed by atoms with E-state index >= 15 is 0 Å². The Morgan fingerprint density at radius 2 is 1.77 bits per heavy atom. The van der Waals surface area contributed by atoms with Crippen molar-refractivity contribution in [1.29, 1.82) is 0 Å². The summed E-state index contributed by atoms with van der Waals surface area (Å²) in [6.45, 7) is 7.21. The lowest BCUT2D eigenvalue weighted by Crippen LogP contribution is -2.19. The molecule has 0 bridgehead atoms. The number of hydrogen-bond donors (Lipinski definition) is 1. The standard InChI is InChI=1S/C10H20O3/c1-7(2)13-10(12)8(3)5-6-9(4)11/h7-9,11H,5-6H2,1-4H3. The van der Waals surface area contributed by atoms with Crippen molar-refractivity contribution in [3.05, 3.63) is 0 Å². The topological polar surface area (TPSA) is 46.5 Å². The van der Waals surface area contributed by atoms with Crippen molar-refractivity contribution >= 4 is 5.97 Å². The number of rotatable bonds is 5. The largest absolute Gasteiger partial charge is 0.463 e. The molecule has 0 aliphatic heterocycles. The number of aliphatic hydroxyl groups excluding tert-OH is 1. The quantitative estimate of drug-likeness (QED) is 0.668. The molecular formula is C10H20O3. The Labute approximate surface area is 80.1 Å². The van der Waals surface area contributed by atoms with Crippen LogP contribution >= 0.6 is 0 Å². The molecule has 2 atom stereocenters. The molecule has 1 N–H and O–H groups in total. The molecule has 0 aromatic rings. The number of carbonyl (C=O) groups is 1. The van der Waals surface area contributed by atoms with E-state index in [9.17, 15) is 4.79 Å². The zero-order valence-electron chi connectivity index (χ0n) is 8.91. The number of aliphatic hydroxyl groups is 1. The maximum absolute atomic E-state index is 11.3. The molecule has 0 aliphatic rings. The monoisotopic (exact) mass is 188 g/mol. The minimum atomic E-state index is -0.339. The van der Waals surface area contributed by atoms with E-state index in [2.05, 4.69) is 0 Å². The highest BCUT2D eigenvalue weighted by molar-refractivity contribution is 5.72. The van der Waals surface area contributed by atoms with Crippen LogP contribution in [0.2, 0.25) is 0 Å². The molecule has 0 rings (SSSR count). The molecule has 13 heavy (non-hydrogen) atoms. The fourth-order valence-electron chi connectivity index (χ4n) is 0.958. The van der Waals surface area contributed by atoms with Crippen LogP contribution in [-0.2, 0) is 9.53 Å². The second kappa shape index (κ2) is 5.97. The molecule has 78 valence electrons. The van der Waals surface area contributed by atoms with Gasteiger partial charge in [0.25, 0.3) is 0 Å². The van der Waals surface area contributed by atoms with Crippen LogP contribution < -0.4 is 0 Å². The van der Waals surface area contributed by atoms with Crippen molar-refractivity contribution in [3.8, 4) is 0 Å². The molecular weight excluding hydrogens is 168 g/mol. The Balaban J connectivity index is 3.69. The molecule has 0 fully saturated rings. The molecule has 0 aromatic heterocycles. The van der Waals surface area contributed by atoms with Gasteiger partial charge in [-0.15, -0.1) is 0 Å². The van der Waals surface area contributed by atoms with Gasteiger partial charge in [-0.05, 0) is 33.6 Å². The molecule has 0 aliphatic carbocycles. The van der Waals surface area contributed by atoms with Gasteiger partial charge in [-0.2, -0.15) is 0 Å². The Kier molecular flexibility index (Phi) is 5.71. The second-order valence-electron chi connectivity index (χ2n) is 3.81. The van der Waals surface area contributed by atoms with Crippen LogP contribution in [0.4, 0.5) is 0 Å². The third-order valence-corrected chi connectivity index (χ3v) is 1.77. The van der Waals surface area contributed by atoms with Crippen molar-refractivity contribution in [2.24, 2.45) is 5.92 Å². The number of hydrogen-bond acceptors (Lipinski definition) is 3. The molecule has 0 amide bonds. The predicted octanol–water partition coefficient (Wildman–Crippen LogP) is 1.74. The third kappa shape index (κ3) is 6.58. The highest BCUT2D eigenvalue weighted by Gasteiger charge is 2.15. The first kappa shape index (κ1) is 12.4. The first-order chi connectivity index (χ1) is 5.93. The van der Waals surface area contributed by atoms with Crippen molar-refractivity contribution in [2.75, 3.05) is 0 Å². The number of esters is 1. The van der Waals surface area contributed by atoms with Crippen molar-refractivity contribution in [1.82, 2.24) is 0 Å². The van der Waals surface area contributed by atoms with Gasteiger partial charge in [-0.25, -0.2) is 0 Å². The maximum Gasteiger partial charge on any atom is 0.308 e. The summed E-state index contributed by atoms with van der Waals surface area (Å²) in [4.78, 5) is 11.3. The van der Waals surface area contributed by atoms with Crippen molar-refractivity contribution in [2.45, 2.75) is 52.7 Å². The summed E-state index contributed by atoms with van der Waals surface area (Å²) in [5, 5.41) is 9.01. The smallest absolute Gasteiger partial charge is 0.308 e. The lowest BCUT2D eigenvalue weighted by atomic mass is 10.0. The SMILES string of the molecule is CC(O)CCC(C)C(=O)OC(C)C. The average Bonchev–Trinajstić information content (AvgIpc) is 1.98. The van der Waals surface area contributed by atoms with Gasteiger partial charge in [0.15, 0.2) is 0 Å². The molecule has 0 saturated heterocycles. The van der Waals surface area contributed by atoms with Gasteiger partial charge in [-0.3, -0.25) is 4.79 Å². The fourth-order valence-corrected chi connectivity index (χ4v) is 0.958. The minimum Gasteiger partial charge on any atom is -0.463 e. The van der Waals surface area contributed by atoms with Crippen LogP contribution in [0.3, 0.4) is 0 Å². The zero-order valence-corrected chi connectivity index (χ0v) is 8.91. The zero-order chi connectivity index (χ0) is 10.4. The van der Waals surface area contributed by atoms with E-state index in [1.807, 2.05) is 20.8 Å². The fraction of sp³-hybridized carbons (Fsp3) is 0.900. The molecule has 0 aromatic carbocycles. The van der Waals surface area contributed by atoms with Gasteiger partial charge in [-0.1, -0.05) is 6.92 Å². The Hall–Kier alpha value is -0.570. The molecule has 2 unspecified atom stereocenters. The Morgan fingerprint density at radius 3 is 2.15 bits per heavy atom. The normalized spacial score (nSPS) is 15.5. The summed E-state index contributed by atoms with van der Waals surface area (Å²) >= 11 is 0. The molecule has 0 heterocycles. The van der Waals surface area contributed by atoms with Crippen LogP contribution in [0, 0.1) is 5.92 Å². The molecule has 0 saturated carbocycles. The highest BCUT2D eigenvalue weighted by Crippen LogP contribution is 2.10. The van der Waals surface area contributed by atoms with Gasteiger partial charge in [0.1, 0.15) is 0 Å². The maximum atomic E-state index is 11.3. The van der Waals surface area contributed by atoms with Crippen LogP contribution in [-0.4, -0.2) is 23.3 Å². The second-order valence-corrected chi connectivity index (χ2v) is 3.81. The molecule has 0 spiro atoms. The van der Waals surface area contributed by atoms with E-state index in [-0.39, 0.29) is 24.1 Å². The van der Waals surface area contributed by atoms with Crippen molar-refractivity contribution in [3.63, 3.8) is 0 Å². The summed E-state index contributed by atoms with van der Waals surface area (Å²) in [6, 6.07) is 0. The van der Waals surface area contributed by atoms with Gasteiger partial charge >= 0.3 is 5.97 Å². The molecule has 3 nitrogen and oxygen atoms in total. The lowest BCUT2D eigenvalue weighted by molar-refractivity contribution is -0.152. The third-order valence-electron chi connectivity index (χ3n) is 1.77. The van der Waals surface area contributed by atoms with Gasteiger partial charge in [0.2, 0.25) is 0 Å². The summed E-state index contributed by atoms with van der Waals surface area (Å²) in [7, 11) is 0. The summed E-state index contributed by atoms with van der Waals surface area (Å²) in [5.74, 6) is -0.285. The van der Waals surface area contributed by atoms with E-state index in [1.165, 1.54) is 0 Å². The van der Waals surface area contributed by atoms with Gasteiger partial charge in [0, 0.05) is 0 Å². The highest BCUT2D eigenvalue weighted by atomic mass is 16.5. The first-order valence-electron chi connectivity index (χ1n) is 4.82. The summed E-state index contributed by atoms with van der Waals surface area (Å²) < 4.78 is 5.02. The Bertz CT molecular complexity index is 152. The lowest BCUT2D eigenvalue weighted by Gasteiger charge is -2.14. The predicted molar refractivity (Wildman–Crippen MR) is 51.3 cm³/mol. The summed E-state index contributed by atoms with van der Waals surface area (Å²) in [5.41, 5.74) is 0. The molecule has 3 heteroatoms. The number of carbonyl (C=O) groups excluding carboxylic acids is 1.